The Morgan fingerprint density at radius 3 is 2.04 bits per heavy atom. The van der Waals surface area contributed by atoms with Crippen LogP contribution < -0.4 is 21.7 Å². The number of hydrogen-bond donors (Lipinski definition) is 6. The summed E-state index contributed by atoms with van der Waals surface area (Å²) < 4.78 is 0. The molecule has 25 heavy (non-hydrogen) atoms. The number of thioether (sulfide) groups is 1. The van der Waals surface area contributed by atoms with Gasteiger partial charge in [0.15, 0.2) is 0 Å². The lowest BCUT2D eigenvalue weighted by Crippen LogP contribution is -2.56. The Bertz CT molecular complexity index is 490. The first-order valence-electron chi connectivity index (χ1n) is 7.63. The molecule has 0 fully saturated rings. The minimum Gasteiger partial charge on any atom is -0.480 e. The lowest BCUT2D eigenvalue weighted by molar-refractivity contribution is -0.142. The molecule has 0 saturated heterocycles. The van der Waals surface area contributed by atoms with Gasteiger partial charge in [-0.25, -0.2) is 4.79 Å². The fourth-order valence-corrected chi connectivity index (χ4v) is 2.40. The lowest BCUT2D eigenvalue weighted by atomic mass is 10.2. The quantitative estimate of drug-likeness (QED) is 0.235. The highest BCUT2D eigenvalue weighted by Crippen LogP contribution is 2.02. The van der Waals surface area contributed by atoms with Crippen LogP contribution in [0.5, 0.6) is 0 Å². The Hall–Kier alpha value is -1.46. The highest BCUT2D eigenvalue weighted by Gasteiger charge is 2.27. The Kier molecular flexibility index (Phi) is 11.3. The Morgan fingerprint density at radius 1 is 1.04 bits per heavy atom. The molecule has 0 aromatic heterocycles. The fourth-order valence-electron chi connectivity index (χ4n) is 1.67. The van der Waals surface area contributed by atoms with E-state index in [9.17, 15) is 19.2 Å². The summed E-state index contributed by atoms with van der Waals surface area (Å²) in [5.41, 5.74) is 5.41. The third-order valence-electron chi connectivity index (χ3n) is 3.21. The smallest absolute Gasteiger partial charge is 0.326 e. The molecule has 4 unspecified atom stereocenters. The van der Waals surface area contributed by atoms with Crippen LogP contribution in [0.15, 0.2) is 0 Å². The summed E-state index contributed by atoms with van der Waals surface area (Å²) in [6.07, 6.45) is 2.09. The van der Waals surface area contributed by atoms with E-state index in [-0.39, 0.29) is 12.2 Å². The van der Waals surface area contributed by atoms with Crippen molar-refractivity contribution in [2.75, 3.05) is 17.8 Å². The molecule has 0 radical (unpaired) electrons. The maximum Gasteiger partial charge on any atom is 0.326 e. The highest BCUT2D eigenvalue weighted by atomic mass is 32.2. The molecule has 4 atom stereocenters. The molecule has 0 aliphatic carbocycles. The number of hydrogen-bond acceptors (Lipinski definition) is 7. The number of nitrogens with one attached hydrogen (secondary N) is 3. The number of rotatable bonds is 11. The van der Waals surface area contributed by atoms with E-state index in [2.05, 4.69) is 28.6 Å². The topological polar surface area (TPSA) is 151 Å². The molecule has 0 aliphatic heterocycles. The minimum atomic E-state index is -1.15. The largest absolute Gasteiger partial charge is 0.480 e. The minimum absolute atomic E-state index is 0.0274. The van der Waals surface area contributed by atoms with Gasteiger partial charge in [0.2, 0.25) is 17.7 Å². The van der Waals surface area contributed by atoms with E-state index >= 15 is 0 Å². The van der Waals surface area contributed by atoms with Gasteiger partial charge in [0.25, 0.3) is 0 Å². The molecule has 0 aromatic carbocycles. The van der Waals surface area contributed by atoms with Gasteiger partial charge in [0.05, 0.1) is 6.04 Å². The summed E-state index contributed by atoms with van der Waals surface area (Å²) in [4.78, 5) is 46.9. The zero-order valence-electron chi connectivity index (χ0n) is 14.4. The second kappa shape index (κ2) is 12.0. The Balaban J connectivity index is 4.74. The van der Waals surface area contributed by atoms with Crippen LogP contribution in [-0.2, 0) is 19.2 Å². The fraction of sp³-hybridized carbons (Fsp3) is 0.714. The van der Waals surface area contributed by atoms with Gasteiger partial charge in [-0.3, -0.25) is 14.4 Å². The number of carbonyl (C=O) groups excluding carboxylic acids is 3. The molecule has 6 N–H and O–H groups in total. The molecule has 9 nitrogen and oxygen atoms in total. The average molecular weight is 395 g/mol. The second-order valence-electron chi connectivity index (χ2n) is 5.44. The van der Waals surface area contributed by atoms with Crippen LogP contribution in [0.4, 0.5) is 0 Å². The number of carboxylic acid groups (broad SMARTS) is 1. The number of carboxylic acids is 1. The van der Waals surface area contributed by atoms with Crippen LogP contribution in [0.3, 0.4) is 0 Å². The number of carbonyl (C=O) groups is 4. The second-order valence-corrected chi connectivity index (χ2v) is 6.79. The number of aliphatic carboxylic acids is 1. The van der Waals surface area contributed by atoms with Crippen molar-refractivity contribution >= 4 is 48.1 Å². The van der Waals surface area contributed by atoms with E-state index in [1.807, 2.05) is 6.26 Å². The predicted molar refractivity (Wildman–Crippen MR) is 99.6 cm³/mol. The zero-order chi connectivity index (χ0) is 19.6. The van der Waals surface area contributed by atoms with E-state index in [0.29, 0.717) is 5.75 Å². The molecule has 3 amide bonds. The molecule has 0 aliphatic rings. The van der Waals surface area contributed by atoms with Crippen molar-refractivity contribution in [3.8, 4) is 0 Å². The van der Waals surface area contributed by atoms with Crippen LogP contribution >= 0.6 is 24.4 Å². The molecule has 11 heteroatoms. The lowest BCUT2D eigenvalue weighted by Gasteiger charge is -2.22. The summed E-state index contributed by atoms with van der Waals surface area (Å²) in [6, 6.07) is -3.75. The Labute approximate surface area is 156 Å². The van der Waals surface area contributed by atoms with Crippen LogP contribution in [0.1, 0.15) is 20.3 Å². The van der Waals surface area contributed by atoms with Gasteiger partial charge < -0.3 is 26.8 Å². The maximum atomic E-state index is 12.2. The molecule has 144 valence electrons. The van der Waals surface area contributed by atoms with E-state index in [4.69, 9.17) is 10.8 Å². The van der Waals surface area contributed by atoms with E-state index in [0.717, 1.165) is 0 Å². The summed E-state index contributed by atoms with van der Waals surface area (Å²) in [6.45, 7) is 2.92. The molecule has 0 saturated carbocycles. The third-order valence-corrected chi connectivity index (χ3v) is 4.22. The number of thiol groups is 1. The number of nitrogens with two attached hydrogens (primary N) is 1. The summed E-state index contributed by atoms with van der Waals surface area (Å²) in [5.74, 6) is -2.36. The van der Waals surface area contributed by atoms with Crippen LogP contribution in [0, 0.1) is 0 Å². The van der Waals surface area contributed by atoms with E-state index in [1.54, 1.807) is 0 Å². The SMILES string of the molecule is CSCCC(NC(=O)C(CS)NC(=O)C(C)NC(=O)C(C)N)C(=O)O. The van der Waals surface area contributed by atoms with Crippen molar-refractivity contribution in [1.29, 1.82) is 0 Å². The molecule has 0 spiro atoms. The summed E-state index contributed by atoms with van der Waals surface area (Å²) in [7, 11) is 0. The first kappa shape index (κ1) is 23.5. The van der Waals surface area contributed by atoms with Gasteiger partial charge in [0, 0.05) is 5.75 Å². The Morgan fingerprint density at radius 2 is 1.60 bits per heavy atom. The van der Waals surface area contributed by atoms with Gasteiger partial charge in [0.1, 0.15) is 18.1 Å². The maximum absolute atomic E-state index is 12.2. The molecular formula is C14H26N4O5S2. The van der Waals surface area contributed by atoms with Crippen molar-refractivity contribution < 1.29 is 24.3 Å². The monoisotopic (exact) mass is 394 g/mol. The highest BCUT2D eigenvalue weighted by molar-refractivity contribution is 7.98. The zero-order valence-corrected chi connectivity index (χ0v) is 16.2. The van der Waals surface area contributed by atoms with Gasteiger partial charge >= 0.3 is 5.97 Å². The summed E-state index contributed by atoms with van der Waals surface area (Å²) >= 11 is 5.47. The average Bonchev–Trinajstić information content (AvgIpc) is 2.55. The van der Waals surface area contributed by atoms with Crippen molar-refractivity contribution in [2.24, 2.45) is 5.73 Å². The predicted octanol–water partition coefficient (Wildman–Crippen LogP) is -1.42. The first-order valence-corrected chi connectivity index (χ1v) is 9.65. The van der Waals surface area contributed by atoms with Crippen LogP contribution in [0.25, 0.3) is 0 Å². The normalized spacial score (nSPS) is 15.4. The third kappa shape index (κ3) is 8.98. The van der Waals surface area contributed by atoms with Gasteiger partial charge in [-0.15, -0.1) is 0 Å². The first-order chi connectivity index (χ1) is 11.6. The molecule has 0 aromatic rings. The van der Waals surface area contributed by atoms with E-state index < -0.39 is 47.9 Å². The van der Waals surface area contributed by atoms with Crippen molar-refractivity contribution in [1.82, 2.24) is 16.0 Å². The van der Waals surface area contributed by atoms with Crippen molar-refractivity contribution in [3.05, 3.63) is 0 Å². The van der Waals surface area contributed by atoms with Crippen molar-refractivity contribution in [2.45, 2.75) is 44.4 Å². The standard InChI is InChI=1S/C14H26N4O5S2/c1-7(15)11(19)16-8(2)12(20)18-10(6-24)13(21)17-9(14(22)23)4-5-25-3/h7-10,24H,4-6,15H2,1-3H3,(H,16,19)(H,17,21)(H,18,20)(H,22,23). The van der Waals surface area contributed by atoms with Crippen molar-refractivity contribution in [3.63, 3.8) is 0 Å². The summed E-state index contributed by atoms with van der Waals surface area (Å²) in [5, 5.41) is 16.4. The van der Waals surface area contributed by atoms with Crippen LogP contribution in [-0.4, -0.2) is 70.7 Å². The van der Waals surface area contributed by atoms with Gasteiger partial charge in [-0.05, 0) is 32.3 Å². The number of amides is 3. The molecular weight excluding hydrogens is 368 g/mol. The van der Waals surface area contributed by atoms with Crippen LogP contribution in [0.2, 0.25) is 0 Å². The van der Waals surface area contributed by atoms with Gasteiger partial charge in [-0.2, -0.15) is 24.4 Å². The molecule has 0 bridgehead atoms. The van der Waals surface area contributed by atoms with Gasteiger partial charge in [-0.1, -0.05) is 0 Å². The van der Waals surface area contributed by atoms with E-state index in [1.165, 1.54) is 25.6 Å². The molecule has 0 rings (SSSR count). The molecule has 0 heterocycles.